The number of aryl methyl sites for hydroxylation is 1. The lowest BCUT2D eigenvalue weighted by Gasteiger charge is -2.19. The predicted molar refractivity (Wildman–Crippen MR) is 127 cm³/mol. The van der Waals surface area contributed by atoms with Crippen LogP contribution in [-0.4, -0.2) is 51.9 Å². The van der Waals surface area contributed by atoms with Gasteiger partial charge in [0.25, 0.3) is 0 Å². The number of hydrogen-bond donors (Lipinski definition) is 2. The molecule has 9 nitrogen and oxygen atoms in total. The quantitative estimate of drug-likeness (QED) is 0.429. The summed E-state index contributed by atoms with van der Waals surface area (Å²) in [5.41, 5.74) is 2.17. The van der Waals surface area contributed by atoms with Gasteiger partial charge in [0.2, 0.25) is 15.9 Å². The lowest BCUT2D eigenvalue weighted by molar-refractivity contribution is -0.162. The standard InChI is InChI=1S/C24H29N3O6S/c1-16-6-12-20(13-7-16)34(31,32)26-22(24(30)33-23(29)21-5-4-14-25-21)15-18-8-10-19(11-9-18)27(3)17(2)28/h6-13,21-22,25-26H,4-5,14-15H2,1-3H3/t21-,22-/m0/s1. The number of amides is 1. The molecule has 1 fully saturated rings. The van der Waals surface area contributed by atoms with Crippen molar-refractivity contribution in [1.82, 2.24) is 10.0 Å². The second-order valence-electron chi connectivity index (χ2n) is 8.32. The molecule has 0 aromatic heterocycles. The van der Waals surface area contributed by atoms with Gasteiger partial charge in [-0.15, -0.1) is 0 Å². The summed E-state index contributed by atoms with van der Waals surface area (Å²) in [6.45, 7) is 3.92. The van der Waals surface area contributed by atoms with Crippen LogP contribution in [0.1, 0.15) is 30.9 Å². The first-order chi connectivity index (χ1) is 16.1. The summed E-state index contributed by atoms with van der Waals surface area (Å²) < 4.78 is 33.3. The Balaban J connectivity index is 1.81. The fourth-order valence-corrected chi connectivity index (χ4v) is 4.73. The number of carbonyl (C=O) groups excluding carboxylic acids is 3. The number of ether oxygens (including phenoxy) is 1. The Hall–Kier alpha value is -3.08. The summed E-state index contributed by atoms with van der Waals surface area (Å²) in [5, 5.41) is 2.96. The number of benzene rings is 2. The minimum Gasteiger partial charge on any atom is -0.391 e. The van der Waals surface area contributed by atoms with E-state index in [0.717, 1.165) is 12.0 Å². The van der Waals surface area contributed by atoms with Gasteiger partial charge < -0.3 is 15.0 Å². The van der Waals surface area contributed by atoms with Crippen molar-refractivity contribution in [3.63, 3.8) is 0 Å². The fourth-order valence-electron chi connectivity index (χ4n) is 3.55. The number of nitrogens with one attached hydrogen (secondary N) is 2. The molecule has 1 amide bonds. The summed E-state index contributed by atoms with van der Waals surface area (Å²) in [5.74, 6) is -1.83. The second-order valence-corrected chi connectivity index (χ2v) is 10.0. The van der Waals surface area contributed by atoms with E-state index in [9.17, 15) is 22.8 Å². The second kappa shape index (κ2) is 10.9. The molecule has 34 heavy (non-hydrogen) atoms. The van der Waals surface area contributed by atoms with Crippen LogP contribution in [-0.2, 0) is 35.6 Å². The molecule has 0 bridgehead atoms. The molecule has 1 saturated heterocycles. The van der Waals surface area contributed by atoms with Crippen molar-refractivity contribution >= 4 is 33.6 Å². The highest BCUT2D eigenvalue weighted by Crippen LogP contribution is 2.17. The van der Waals surface area contributed by atoms with E-state index in [0.29, 0.717) is 24.2 Å². The molecule has 3 rings (SSSR count). The molecule has 1 aliphatic heterocycles. The van der Waals surface area contributed by atoms with E-state index in [1.807, 2.05) is 6.92 Å². The minimum absolute atomic E-state index is 0.00174. The Bertz CT molecular complexity index is 1140. The third kappa shape index (κ3) is 6.49. The van der Waals surface area contributed by atoms with Gasteiger partial charge in [-0.3, -0.25) is 4.79 Å². The van der Waals surface area contributed by atoms with Crippen molar-refractivity contribution in [1.29, 1.82) is 0 Å². The molecule has 0 saturated carbocycles. The number of hydrogen-bond acceptors (Lipinski definition) is 7. The van der Waals surface area contributed by atoms with E-state index in [1.54, 1.807) is 43.4 Å². The van der Waals surface area contributed by atoms with Gasteiger partial charge in [0.05, 0.1) is 4.90 Å². The molecule has 0 radical (unpaired) electrons. The van der Waals surface area contributed by atoms with Crippen molar-refractivity contribution < 1.29 is 27.5 Å². The molecular formula is C24H29N3O6S. The summed E-state index contributed by atoms with van der Waals surface area (Å²) in [4.78, 5) is 38.3. The van der Waals surface area contributed by atoms with E-state index >= 15 is 0 Å². The molecule has 1 heterocycles. The largest absolute Gasteiger partial charge is 0.391 e. The summed E-state index contributed by atoms with van der Waals surface area (Å²) >= 11 is 0. The summed E-state index contributed by atoms with van der Waals surface area (Å²) in [7, 11) is -2.42. The topological polar surface area (TPSA) is 122 Å². The molecule has 2 aromatic carbocycles. The molecule has 0 spiro atoms. The number of rotatable bonds is 8. The van der Waals surface area contributed by atoms with Gasteiger partial charge >= 0.3 is 11.9 Å². The van der Waals surface area contributed by atoms with Gasteiger partial charge in [-0.25, -0.2) is 18.0 Å². The van der Waals surface area contributed by atoms with Gasteiger partial charge in [-0.2, -0.15) is 4.72 Å². The zero-order valence-electron chi connectivity index (χ0n) is 19.4. The molecule has 2 N–H and O–H groups in total. The van der Waals surface area contributed by atoms with Gasteiger partial charge in [0, 0.05) is 19.7 Å². The normalized spacial score (nSPS) is 16.6. The molecule has 0 aliphatic carbocycles. The zero-order chi connectivity index (χ0) is 24.9. The lowest BCUT2D eigenvalue weighted by atomic mass is 10.1. The van der Waals surface area contributed by atoms with Crippen LogP contribution in [0.25, 0.3) is 0 Å². The maximum atomic E-state index is 12.9. The van der Waals surface area contributed by atoms with Crippen LogP contribution in [0.15, 0.2) is 53.4 Å². The molecular weight excluding hydrogens is 458 g/mol. The highest BCUT2D eigenvalue weighted by atomic mass is 32.2. The van der Waals surface area contributed by atoms with Crippen LogP contribution in [0.4, 0.5) is 5.69 Å². The Morgan fingerprint density at radius 2 is 1.76 bits per heavy atom. The minimum atomic E-state index is -4.06. The van der Waals surface area contributed by atoms with Gasteiger partial charge in [0.15, 0.2) is 0 Å². The molecule has 1 aliphatic rings. The maximum Gasteiger partial charge on any atom is 0.332 e. The molecule has 2 atom stereocenters. The molecule has 182 valence electrons. The monoisotopic (exact) mass is 487 g/mol. The third-order valence-electron chi connectivity index (χ3n) is 5.70. The van der Waals surface area contributed by atoms with Crippen LogP contribution in [0.5, 0.6) is 0 Å². The van der Waals surface area contributed by atoms with Crippen LogP contribution in [0, 0.1) is 6.92 Å². The van der Waals surface area contributed by atoms with Gasteiger partial charge in [-0.05, 0) is 62.6 Å². The van der Waals surface area contributed by atoms with Crippen LogP contribution in [0.2, 0.25) is 0 Å². The number of nitrogens with zero attached hydrogens (tertiary/aromatic N) is 1. The highest BCUT2D eigenvalue weighted by Gasteiger charge is 2.32. The Kier molecular flexibility index (Phi) is 8.19. The van der Waals surface area contributed by atoms with Crippen molar-refractivity contribution in [3.8, 4) is 0 Å². The average Bonchev–Trinajstić information content (AvgIpc) is 3.34. The zero-order valence-corrected chi connectivity index (χ0v) is 20.2. The van der Waals surface area contributed by atoms with Crippen LogP contribution < -0.4 is 14.9 Å². The van der Waals surface area contributed by atoms with Gasteiger partial charge in [-0.1, -0.05) is 29.8 Å². The Labute approximate surface area is 199 Å². The average molecular weight is 488 g/mol. The van der Waals surface area contributed by atoms with E-state index in [1.165, 1.54) is 24.0 Å². The first kappa shape index (κ1) is 25.5. The van der Waals surface area contributed by atoms with Crippen LogP contribution >= 0.6 is 0 Å². The van der Waals surface area contributed by atoms with Crippen molar-refractivity contribution in [2.75, 3.05) is 18.5 Å². The van der Waals surface area contributed by atoms with E-state index < -0.39 is 34.0 Å². The van der Waals surface area contributed by atoms with Crippen LogP contribution in [0.3, 0.4) is 0 Å². The Morgan fingerprint density at radius 1 is 1.12 bits per heavy atom. The van der Waals surface area contributed by atoms with E-state index in [-0.39, 0.29) is 17.2 Å². The number of anilines is 1. The third-order valence-corrected chi connectivity index (χ3v) is 7.18. The highest BCUT2D eigenvalue weighted by molar-refractivity contribution is 7.89. The first-order valence-corrected chi connectivity index (χ1v) is 12.5. The SMILES string of the molecule is CC(=O)N(C)c1ccc(C[C@H](NS(=O)(=O)c2ccc(C)cc2)C(=O)OC(=O)[C@@H]2CCCN2)cc1. The lowest BCUT2D eigenvalue weighted by Crippen LogP contribution is -2.45. The summed E-state index contributed by atoms with van der Waals surface area (Å²) in [6, 6.07) is 11.1. The molecule has 10 heteroatoms. The number of carbonyl (C=O) groups is 3. The van der Waals surface area contributed by atoms with Crippen molar-refractivity contribution in [2.24, 2.45) is 0 Å². The summed E-state index contributed by atoms with van der Waals surface area (Å²) in [6.07, 6.45) is 1.30. The van der Waals surface area contributed by atoms with Gasteiger partial charge in [0.1, 0.15) is 12.1 Å². The molecule has 2 aromatic rings. The molecule has 0 unspecified atom stereocenters. The Morgan fingerprint density at radius 3 is 2.32 bits per heavy atom. The van der Waals surface area contributed by atoms with E-state index in [4.69, 9.17) is 4.74 Å². The maximum absolute atomic E-state index is 12.9. The smallest absolute Gasteiger partial charge is 0.332 e. The van der Waals surface area contributed by atoms with Crippen molar-refractivity contribution in [3.05, 3.63) is 59.7 Å². The number of sulfonamides is 1. The number of esters is 2. The fraction of sp³-hybridized carbons (Fsp3) is 0.375. The van der Waals surface area contributed by atoms with E-state index in [2.05, 4.69) is 10.0 Å². The predicted octanol–water partition coefficient (Wildman–Crippen LogP) is 1.69. The van der Waals surface area contributed by atoms with Crippen molar-refractivity contribution in [2.45, 2.75) is 50.1 Å². The first-order valence-electron chi connectivity index (χ1n) is 11.0.